The van der Waals surface area contributed by atoms with E-state index >= 15 is 0 Å². The Balaban J connectivity index is 2.61. The highest BCUT2D eigenvalue weighted by atomic mass is 16.5. The van der Waals surface area contributed by atoms with Crippen molar-refractivity contribution in [2.75, 3.05) is 26.1 Å². The molecular weight excluding hydrogens is 212 g/mol. The lowest BCUT2D eigenvalue weighted by Gasteiger charge is -2.06. The Morgan fingerprint density at radius 1 is 1.56 bits per heavy atom. The van der Waals surface area contributed by atoms with Gasteiger partial charge in [-0.2, -0.15) is 0 Å². The average molecular weight is 226 g/mol. The third-order valence-corrected chi connectivity index (χ3v) is 1.88. The number of nitrogens with zero attached hydrogens (tertiary/aromatic N) is 1. The first-order chi connectivity index (χ1) is 7.65. The molecule has 0 aliphatic heterocycles. The summed E-state index contributed by atoms with van der Waals surface area (Å²) in [6.07, 6.45) is 1.99. The van der Waals surface area contributed by atoms with E-state index in [0.29, 0.717) is 19.6 Å². The molecular formula is C10H14N2O4. The Labute approximate surface area is 93.0 Å². The molecule has 1 aromatic heterocycles. The largest absolute Gasteiger partial charge is 0.478 e. The van der Waals surface area contributed by atoms with Crippen LogP contribution >= 0.6 is 0 Å². The third-order valence-electron chi connectivity index (χ3n) is 1.88. The topological polar surface area (TPSA) is 94.7 Å². The van der Waals surface area contributed by atoms with Crippen LogP contribution in [-0.2, 0) is 4.74 Å². The van der Waals surface area contributed by atoms with Crippen molar-refractivity contribution in [1.82, 2.24) is 4.98 Å². The number of aromatic nitrogens is 1. The monoisotopic (exact) mass is 226 g/mol. The predicted molar refractivity (Wildman–Crippen MR) is 57.6 cm³/mol. The summed E-state index contributed by atoms with van der Waals surface area (Å²) in [5.41, 5.74) is 5.57. The van der Waals surface area contributed by atoms with E-state index in [0.717, 1.165) is 0 Å². The average Bonchev–Trinajstić information content (AvgIpc) is 2.26. The van der Waals surface area contributed by atoms with Gasteiger partial charge in [0.05, 0.1) is 24.1 Å². The van der Waals surface area contributed by atoms with Gasteiger partial charge in [-0.15, -0.1) is 0 Å². The summed E-state index contributed by atoms with van der Waals surface area (Å²) in [6.45, 7) is 1.00. The predicted octanol–water partition coefficient (Wildman–Crippen LogP) is 0.777. The Morgan fingerprint density at radius 2 is 2.31 bits per heavy atom. The van der Waals surface area contributed by atoms with E-state index in [1.807, 2.05) is 0 Å². The number of ether oxygens (including phenoxy) is 2. The molecule has 0 radical (unpaired) electrons. The van der Waals surface area contributed by atoms with Gasteiger partial charge in [0.25, 0.3) is 0 Å². The van der Waals surface area contributed by atoms with Gasteiger partial charge in [0.1, 0.15) is 0 Å². The van der Waals surface area contributed by atoms with Crippen molar-refractivity contribution in [2.24, 2.45) is 0 Å². The summed E-state index contributed by atoms with van der Waals surface area (Å²) in [4.78, 5) is 14.6. The van der Waals surface area contributed by atoms with Gasteiger partial charge in [-0.05, 0) is 0 Å². The Morgan fingerprint density at radius 3 is 2.94 bits per heavy atom. The summed E-state index contributed by atoms with van der Waals surface area (Å²) in [7, 11) is 1.60. The standard InChI is InChI=1S/C10H14N2O4/c1-15-3-2-4-16-9-5-7(10(13)14)8(11)6-12-9/h5-6H,2-4,11H2,1H3,(H,13,14). The molecule has 0 aromatic carbocycles. The van der Waals surface area contributed by atoms with Crippen LogP contribution in [0.15, 0.2) is 12.3 Å². The Kier molecular flexibility index (Phi) is 4.53. The fraction of sp³-hybridized carbons (Fsp3) is 0.400. The van der Waals surface area contributed by atoms with E-state index < -0.39 is 5.97 Å². The van der Waals surface area contributed by atoms with E-state index in [1.54, 1.807) is 7.11 Å². The van der Waals surface area contributed by atoms with Crippen LogP contribution in [0.2, 0.25) is 0 Å². The number of nitrogen functional groups attached to an aromatic ring is 1. The number of carboxylic acids is 1. The van der Waals surface area contributed by atoms with Crippen molar-refractivity contribution in [3.05, 3.63) is 17.8 Å². The van der Waals surface area contributed by atoms with Gasteiger partial charge in [-0.1, -0.05) is 0 Å². The molecule has 1 aromatic rings. The minimum absolute atomic E-state index is 0.00302. The lowest BCUT2D eigenvalue weighted by Crippen LogP contribution is -2.06. The van der Waals surface area contributed by atoms with E-state index in [-0.39, 0.29) is 17.1 Å². The van der Waals surface area contributed by atoms with E-state index in [2.05, 4.69) is 4.98 Å². The summed E-state index contributed by atoms with van der Waals surface area (Å²) < 4.78 is 10.1. The van der Waals surface area contributed by atoms with Crippen molar-refractivity contribution in [3.8, 4) is 5.88 Å². The smallest absolute Gasteiger partial charge is 0.338 e. The van der Waals surface area contributed by atoms with E-state index in [1.165, 1.54) is 12.3 Å². The lowest BCUT2D eigenvalue weighted by molar-refractivity contribution is 0.0697. The van der Waals surface area contributed by atoms with Crippen molar-refractivity contribution >= 4 is 11.7 Å². The minimum Gasteiger partial charge on any atom is -0.478 e. The second-order valence-corrected chi connectivity index (χ2v) is 3.11. The van der Waals surface area contributed by atoms with Gasteiger partial charge in [-0.3, -0.25) is 0 Å². The fourth-order valence-corrected chi connectivity index (χ4v) is 1.09. The van der Waals surface area contributed by atoms with Crippen molar-refractivity contribution in [1.29, 1.82) is 0 Å². The summed E-state index contributed by atoms with van der Waals surface area (Å²) in [5, 5.41) is 8.82. The zero-order valence-electron chi connectivity index (χ0n) is 8.97. The maximum Gasteiger partial charge on any atom is 0.338 e. The van der Waals surface area contributed by atoms with Gasteiger partial charge in [0.15, 0.2) is 0 Å². The maximum atomic E-state index is 10.8. The molecule has 0 spiro atoms. The highest BCUT2D eigenvalue weighted by Crippen LogP contribution is 2.16. The summed E-state index contributed by atoms with van der Waals surface area (Å²) in [6, 6.07) is 1.31. The molecule has 1 rings (SSSR count). The molecule has 3 N–H and O–H groups in total. The number of rotatable bonds is 6. The first kappa shape index (κ1) is 12.3. The van der Waals surface area contributed by atoms with Crippen LogP contribution in [0, 0.1) is 0 Å². The quantitative estimate of drug-likeness (QED) is 0.696. The van der Waals surface area contributed by atoms with Crippen LogP contribution in [0.5, 0.6) is 5.88 Å². The van der Waals surface area contributed by atoms with Gasteiger partial charge < -0.3 is 20.3 Å². The molecule has 0 saturated heterocycles. The molecule has 0 fully saturated rings. The zero-order valence-corrected chi connectivity index (χ0v) is 8.97. The van der Waals surface area contributed by atoms with Crippen LogP contribution in [0.25, 0.3) is 0 Å². The molecule has 88 valence electrons. The fourth-order valence-electron chi connectivity index (χ4n) is 1.09. The van der Waals surface area contributed by atoms with Crippen LogP contribution in [0.3, 0.4) is 0 Å². The number of hydrogen-bond acceptors (Lipinski definition) is 5. The molecule has 0 aliphatic carbocycles. The van der Waals surface area contributed by atoms with Crippen molar-refractivity contribution < 1.29 is 19.4 Å². The third kappa shape index (κ3) is 3.39. The molecule has 0 bridgehead atoms. The number of pyridine rings is 1. The second kappa shape index (κ2) is 5.92. The summed E-state index contributed by atoms with van der Waals surface area (Å²) >= 11 is 0. The number of methoxy groups -OCH3 is 1. The highest BCUT2D eigenvalue weighted by Gasteiger charge is 2.09. The number of hydrogen-bond donors (Lipinski definition) is 2. The lowest BCUT2D eigenvalue weighted by atomic mass is 10.2. The minimum atomic E-state index is -1.10. The van der Waals surface area contributed by atoms with Crippen LogP contribution in [0.1, 0.15) is 16.8 Å². The molecule has 0 atom stereocenters. The first-order valence-electron chi connectivity index (χ1n) is 4.75. The van der Waals surface area contributed by atoms with Crippen LogP contribution in [-0.4, -0.2) is 36.4 Å². The Hall–Kier alpha value is -1.82. The van der Waals surface area contributed by atoms with E-state index in [4.69, 9.17) is 20.3 Å². The van der Waals surface area contributed by atoms with Gasteiger partial charge in [0, 0.05) is 26.2 Å². The van der Waals surface area contributed by atoms with Gasteiger partial charge in [-0.25, -0.2) is 9.78 Å². The van der Waals surface area contributed by atoms with Crippen LogP contribution < -0.4 is 10.5 Å². The molecule has 0 unspecified atom stereocenters. The van der Waals surface area contributed by atoms with Crippen molar-refractivity contribution in [3.63, 3.8) is 0 Å². The van der Waals surface area contributed by atoms with Gasteiger partial charge >= 0.3 is 5.97 Å². The number of aromatic carboxylic acids is 1. The molecule has 1 heterocycles. The molecule has 0 aliphatic rings. The zero-order chi connectivity index (χ0) is 12.0. The normalized spacial score (nSPS) is 10.1. The highest BCUT2D eigenvalue weighted by molar-refractivity contribution is 5.93. The maximum absolute atomic E-state index is 10.8. The van der Waals surface area contributed by atoms with E-state index in [9.17, 15) is 4.79 Å². The number of carboxylic acid groups (broad SMARTS) is 1. The molecule has 16 heavy (non-hydrogen) atoms. The molecule has 6 nitrogen and oxygen atoms in total. The number of nitrogens with two attached hydrogens (primary N) is 1. The van der Waals surface area contributed by atoms with Crippen LogP contribution in [0.4, 0.5) is 5.69 Å². The number of anilines is 1. The summed E-state index contributed by atoms with van der Waals surface area (Å²) in [5.74, 6) is -0.843. The second-order valence-electron chi connectivity index (χ2n) is 3.11. The van der Waals surface area contributed by atoms with Gasteiger partial charge in [0.2, 0.25) is 5.88 Å². The molecule has 6 heteroatoms. The Bertz CT molecular complexity index is 368. The number of carbonyl (C=O) groups is 1. The SMILES string of the molecule is COCCCOc1cc(C(=O)O)c(N)cn1. The molecule has 0 amide bonds. The van der Waals surface area contributed by atoms with Crippen molar-refractivity contribution in [2.45, 2.75) is 6.42 Å². The first-order valence-corrected chi connectivity index (χ1v) is 4.75. The molecule has 0 saturated carbocycles.